The molecule has 25 heavy (non-hydrogen) atoms. The Labute approximate surface area is 146 Å². The van der Waals surface area contributed by atoms with Crippen molar-refractivity contribution in [3.8, 4) is 5.75 Å². The van der Waals surface area contributed by atoms with Gasteiger partial charge in [-0.3, -0.25) is 4.79 Å². The van der Waals surface area contributed by atoms with Gasteiger partial charge in [0.25, 0.3) is 5.91 Å². The summed E-state index contributed by atoms with van der Waals surface area (Å²) in [4.78, 5) is 11.3. The molecule has 1 unspecified atom stereocenters. The van der Waals surface area contributed by atoms with Gasteiger partial charge in [-0.25, -0.2) is 17.4 Å². The van der Waals surface area contributed by atoms with Gasteiger partial charge in [0, 0.05) is 0 Å². The van der Waals surface area contributed by atoms with Crippen molar-refractivity contribution < 1.29 is 26.7 Å². The fourth-order valence-electron chi connectivity index (χ4n) is 3.31. The third kappa shape index (κ3) is 3.74. The highest BCUT2D eigenvalue weighted by Crippen LogP contribution is 2.32. The molecular formula is C15H20N2O6S2. The number of sulfone groups is 1. The number of phenolic OH excluding ortho intramolecular Hbond substituents is 1. The molecule has 3 rings (SSSR count). The molecule has 2 saturated heterocycles. The van der Waals surface area contributed by atoms with Gasteiger partial charge >= 0.3 is 10.2 Å². The second kappa shape index (κ2) is 6.49. The highest BCUT2D eigenvalue weighted by Gasteiger charge is 2.35. The van der Waals surface area contributed by atoms with E-state index in [1.807, 2.05) is 4.72 Å². The van der Waals surface area contributed by atoms with E-state index in [2.05, 4.69) is 0 Å². The zero-order valence-electron chi connectivity index (χ0n) is 13.5. The normalized spacial score (nSPS) is 24.4. The van der Waals surface area contributed by atoms with Crippen molar-refractivity contribution >= 4 is 31.6 Å². The monoisotopic (exact) mass is 388 g/mol. The van der Waals surface area contributed by atoms with Crippen LogP contribution in [0.2, 0.25) is 0 Å². The third-order valence-electron chi connectivity index (χ3n) is 4.58. The number of carbonyl (C=O) groups is 1. The zero-order valence-corrected chi connectivity index (χ0v) is 15.1. The third-order valence-corrected chi connectivity index (χ3v) is 8.32. The van der Waals surface area contributed by atoms with Gasteiger partial charge in [0.15, 0.2) is 9.84 Å². The maximum absolute atomic E-state index is 11.8. The lowest BCUT2D eigenvalue weighted by Gasteiger charge is -2.17. The summed E-state index contributed by atoms with van der Waals surface area (Å²) in [5.74, 6) is -0.614. The standard InChI is InChI=1S/C15H20N2O6S2/c18-14-9-11(3-1-4-12-5-2-8-24(12,20)21)6-7-13(14)17-10-15(19)16-25(17,22)23/h6-7,9,12,18H,1-5,8,10H2,(H,16,19). The molecule has 2 aliphatic rings. The summed E-state index contributed by atoms with van der Waals surface area (Å²) in [5.41, 5.74) is 0.827. The van der Waals surface area contributed by atoms with Gasteiger partial charge in [0.2, 0.25) is 0 Å². The summed E-state index contributed by atoms with van der Waals surface area (Å²) in [7, 11) is -6.91. The molecule has 0 saturated carbocycles. The topological polar surface area (TPSA) is 121 Å². The van der Waals surface area contributed by atoms with Gasteiger partial charge in [-0.1, -0.05) is 6.07 Å². The van der Waals surface area contributed by atoms with Crippen LogP contribution in [0, 0.1) is 0 Å². The summed E-state index contributed by atoms with van der Waals surface area (Å²) >= 11 is 0. The van der Waals surface area contributed by atoms with E-state index in [4.69, 9.17) is 0 Å². The van der Waals surface area contributed by atoms with Crippen LogP contribution in [0.25, 0.3) is 0 Å². The largest absolute Gasteiger partial charge is 0.506 e. The Morgan fingerprint density at radius 3 is 2.56 bits per heavy atom. The first-order valence-corrected chi connectivity index (χ1v) is 11.2. The highest BCUT2D eigenvalue weighted by molar-refractivity contribution is 7.92. The van der Waals surface area contributed by atoms with Crippen molar-refractivity contribution in [3.05, 3.63) is 23.8 Å². The molecule has 2 aliphatic heterocycles. The molecule has 1 atom stereocenters. The fraction of sp³-hybridized carbons (Fsp3) is 0.533. The molecule has 0 aromatic heterocycles. The van der Waals surface area contributed by atoms with Crippen LogP contribution >= 0.6 is 0 Å². The van der Waals surface area contributed by atoms with E-state index >= 15 is 0 Å². The van der Waals surface area contributed by atoms with E-state index < -0.39 is 26.0 Å². The quantitative estimate of drug-likeness (QED) is 0.756. The van der Waals surface area contributed by atoms with E-state index in [1.54, 1.807) is 6.07 Å². The van der Waals surface area contributed by atoms with Gasteiger partial charge in [-0.2, -0.15) is 8.42 Å². The second-order valence-electron chi connectivity index (χ2n) is 6.38. The molecule has 2 heterocycles. The smallest absolute Gasteiger partial charge is 0.326 e. The number of amides is 1. The number of anilines is 1. The molecule has 2 N–H and O–H groups in total. The van der Waals surface area contributed by atoms with Gasteiger partial charge in [0.1, 0.15) is 12.3 Å². The lowest BCUT2D eigenvalue weighted by molar-refractivity contribution is -0.117. The van der Waals surface area contributed by atoms with Crippen LogP contribution in [0.4, 0.5) is 5.69 Å². The van der Waals surface area contributed by atoms with Crippen molar-refractivity contribution in [3.63, 3.8) is 0 Å². The Balaban J connectivity index is 1.65. The van der Waals surface area contributed by atoms with Crippen LogP contribution in [0.5, 0.6) is 5.75 Å². The number of nitrogens with one attached hydrogen (secondary N) is 1. The lowest BCUT2D eigenvalue weighted by atomic mass is 10.0. The molecule has 8 nitrogen and oxygen atoms in total. The number of phenols is 1. The van der Waals surface area contributed by atoms with Crippen LogP contribution in [0.15, 0.2) is 18.2 Å². The first kappa shape index (κ1) is 18.0. The zero-order chi connectivity index (χ0) is 18.2. The predicted molar refractivity (Wildman–Crippen MR) is 92.3 cm³/mol. The van der Waals surface area contributed by atoms with Crippen molar-refractivity contribution in [2.24, 2.45) is 0 Å². The Morgan fingerprint density at radius 2 is 2.00 bits per heavy atom. The number of aromatic hydroxyl groups is 1. The average molecular weight is 388 g/mol. The van der Waals surface area contributed by atoms with Gasteiger partial charge in [-0.05, 0) is 49.8 Å². The molecule has 0 aliphatic carbocycles. The molecule has 2 fully saturated rings. The van der Waals surface area contributed by atoms with Crippen LogP contribution in [0.3, 0.4) is 0 Å². The number of benzene rings is 1. The lowest BCUT2D eigenvalue weighted by Crippen LogP contribution is -2.29. The molecule has 1 amide bonds. The molecule has 1 aromatic carbocycles. The first-order valence-electron chi connectivity index (χ1n) is 8.06. The van der Waals surface area contributed by atoms with Crippen molar-refractivity contribution in [1.82, 2.24) is 4.72 Å². The van der Waals surface area contributed by atoms with E-state index in [-0.39, 0.29) is 29.0 Å². The molecule has 138 valence electrons. The second-order valence-corrected chi connectivity index (χ2v) is 10.4. The number of nitrogens with zero attached hydrogens (tertiary/aromatic N) is 1. The molecule has 1 aromatic rings. The van der Waals surface area contributed by atoms with Crippen LogP contribution in [-0.2, 0) is 31.3 Å². The number of hydrogen-bond acceptors (Lipinski definition) is 6. The Hall–Kier alpha value is -1.81. The van der Waals surface area contributed by atoms with Crippen molar-refractivity contribution in [2.45, 2.75) is 37.4 Å². The number of aryl methyl sites for hydroxylation is 1. The predicted octanol–water partition coefficient (Wildman–Crippen LogP) is 0.473. The van der Waals surface area contributed by atoms with E-state index in [1.165, 1.54) is 12.1 Å². The van der Waals surface area contributed by atoms with Crippen LogP contribution in [-0.4, -0.2) is 45.4 Å². The van der Waals surface area contributed by atoms with Crippen molar-refractivity contribution in [2.75, 3.05) is 16.6 Å². The van der Waals surface area contributed by atoms with Gasteiger partial charge in [-0.15, -0.1) is 0 Å². The van der Waals surface area contributed by atoms with Crippen molar-refractivity contribution in [1.29, 1.82) is 0 Å². The summed E-state index contributed by atoms with van der Waals surface area (Å²) < 4.78 is 49.9. The van der Waals surface area contributed by atoms with Crippen LogP contribution in [0.1, 0.15) is 31.2 Å². The summed E-state index contributed by atoms with van der Waals surface area (Å²) in [6.07, 6.45) is 3.28. The Morgan fingerprint density at radius 1 is 1.24 bits per heavy atom. The van der Waals surface area contributed by atoms with Gasteiger partial charge < -0.3 is 5.11 Å². The molecule has 0 spiro atoms. The molecule has 0 bridgehead atoms. The SMILES string of the molecule is O=C1CN(c2ccc(CCCC3CCCS3(=O)=O)cc2O)S(=O)(=O)N1. The fourth-order valence-corrected chi connectivity index (χ4v) is 6.43. The van der Waals surface area contributed by atoms with E-state index in [9.17, 15) is 26.7 Å². The van der Waals surface area contributed by atoms with Gasteiger partial charge in [0.05, 0.1) is 16.7 Å². The number of carbonyl (C=O) groups excluding carboxylic acids is 1. The summed E-state index contributed by atoms with van der Waals surface area (Å²) in [6, 6.07) is 4.59. The van der Waals surface area contributed by atoms with E-state index in [0.29, 0.717) is 25.7 Å². The minimum absolute atomic E-state index is 0.0421. The minimum Gasteiger partial charge on any atom is -0.506 e. The number of rotatable bonds is 5. The maximum atomic E-state index is 11.8. The first-order chi connectivity index (χ1) is 11.7. The Bertz CT molecular complexity index is 895. The summed E-state index contributed by atoms with van der Waals surface area (Å²) in [6.45, 7) is -0.366. The van der Waals surface area contributed by atoms with Crippen LogP contribution < -0.4 is 9.03 Å². The minimum atomic E-state index is -3.96. The number of hydrogen-bond donors (Lipinski definition) is 2. The average Bonchev–Trinajstić information content (AvgIpc) is 2.97. The summed E-state index contributed by atoms with van der Waals surface area (Å²) in [5, 5.41) is 9.85. The molecular weight excluding hydrogens is 368 g/mol. The maximum Gasteiger partial charge on any atom is 0.326 e. The van der Waals surface area contributed by atoms with E-state index in [0.717, 1.165) is 16.3 Å². The molecule has 0 radical (unpaired) electrons. The highest BCUT2D eigenvalue weighted by atomic mass is 32.2. The molecule has 10 heteroatoms. The Kier molecular flexibility index (Phi) is 4.67.